The number of aryl methyl sites for hydroxylation is 3. The number of sulfonamides is 1. The molecular weight excluding hydrogens is 444 g/mol. The minimum atomic E-state index is -3.96. The zero-order valence-electron chi connectivity index (χ0n) is 18.4. The number of methoxy groups -OCH3 is 1. The normalized spacial score (nSPS) is 11.4. The number of fused-ring (bicyclic) bond motifs is 1. The number of nitrogens with one attached hydrogen (secondary N) is 2. The van der Waals surface area contributed by atoms with Crippen molar-refractivity contribution in [2.45, 2.75) is 25.7 Å². The number of aromatic nitrogens is 4. The smallest absolute Gasteiger partial charge is 0.295 e. The Morgan fingerprint density at radius 1 is 1.03 bits per heavy atom. The number of hydrogen-bond acceptors (Lipinski definition) is 7. The Hall–Kier alpha value is -3.99. The van der Waals surface area contributed by atoms with Gasteiger partial charge in [-0.15, -0.1) is 5.10 Å². The molecule has 11 heteroatoms. The molecule has 0 radical (unpaired) electrons. The molecule has 0 bridgehead atoms. The van der Waals surface area contributed by atoms with Crippen molar-refractivity contribution < 1.29 is 17.9 Å². The van der Waals surface area contributed by atoms with E-state index in [2.05, 4.69) is 25.1 Å². The van der Waals surface area contributed by atoms with Gasteiger partial charge >= 0.3 is 0 Å². The predicted octanol–water partition coefficient (Wildman–Crippen LogP) is 3.11. The summed E-state index contributed by atoms with van der Waals surface area (Å²) in [7, 11) is -2.50. The van der Waals surface area contributed by atoms with Gasteiger partial charge in [-0.1, -0.05) is 18.2 Å². The fraction of sp³-hybridized carbons (Fsp3) is 0.182. The van der Waals surface area contributed by atoms with Gasteiger partial charge in [0.15, 0.2) is 0 Å². The summed E-state index contributed by atoms with van der Waals surface area (Å²) in [6.45, 7) is 5.33. The second-order valence-corrected chi connectivity index (χ2v) is 9.08. The van der Waals surface area contributed by atoms with Crippen molar-refractivity contribution in [3.8, 4) is 5.75 Å². The summed E-state index contributed by atoms with van der Waals surface area (Å²) in [4.78, 5) is 21.2. The lowest BCUT2D eigenvalue weighted by Gasteiger charge is -2.14. The second kappa shape index (κ2) is 8.51. The van der Waals surface area contributed by atoms with Crippen molar-refractivity contribution in [1.29, 1.82) is 0 Å². The van der Waals surface area contributed by atoms with E-state index in [1.807, 2.05) is 19.9 Å². The molecule has 0 aliphatic carbocycles. The van der Waals surface area contributed by atoms with Gasteiger partial charge in [0.2, 0.25) is 5.82 Å². The highest BCUT2D eigenvalue weighted by Gasteiger charge is 2.21. The molecule has 1 amide bonds. The summed E-state index contributed by atoms with van der Waals surface area (Å²) in [5.74, 6) is 0.0434. The van der Waals surface area contributed by atoms with Gasteiger partial charge in [-0.2, -0.15) is 4.98 Å². The van der Waals surface area contributed by atoms with E-state index in [4.69, 9.17) is 4.74 Å². The molecule has 2 aromatic carbocycles. The van der Waals surface area contributed by atoms with Crippen LogP contribution in [0.5, 0.6) is 5.75 Å². The van der Waals surface area contributed by atoms with Gasteiger partial charge in [-0.05, 0) is 56.7 Å². The molecule has 0 unspecified atom stereocenters. The van der Waals surface area contributed by atoms with E-state index >= 15 is 0 Å². The van der Waals surface area contributed by atoms with Gasteiger partial charge in [0.05, 0.1) is 17.7 Å². The van der Waals surface area contributed by atoms with E-state index in [9.17, 15) is 13.2 Å². The van der Waals surface area contributed by atoms with Crippen LogP contribution in [-0.4, -0.2) is 41.0 Å². The molecule has 170 valence electrons. The molecule has 2 aromatic heterocycles. The number of hydrogen-bond donors (Lipinski definition) is 2. The maximum Gasteiger partial charge on any atom is 0.295 e. The average Bonchev–Trinajstić information content (AvgIpc) is 3.20. The third-order valence-corrected chi connectivity index (χ3v) is 6.42. The summed E-state index contributed by atoms with van der Waals surface area (Å²) < 4.78 is 35.4. The predicted molar refractivity (Wildman–Crippen MR) is 123 cm³/mol. The van der Waals surface area contributed by atoms with Crippen LogP contribution in [0.4, 0.5) is 11.4 Å². The van der Waals surface area contributed by atoms with Gasteiger partial charge in [-0.3, -0.25) is 9.52 Å². The Kier molecular flexibility index (Phi) is 5.73. The Morgan fingerprint density at radius 2 is 1.79 bits per heavy atom. The molecule has 0 fully saturated rings. The van der Waals surface area contributed by atoms with E-state index in [1.165, 1.54) is 17.7 Å². The highest BCUT2D eigenvalue weighted by molar-refractivity contribution is 7.92. The fourth-order valence-corrected chi connectivity index (χ4v) is 4.69. The first-order valence-electron chi connectivity index (χ1n) is 9.97. The summed E-state index contributed by atoms with van der Waals surface area (Å²) >= 11 is 0. The third kappa shape index (κ3) is 4.48. The van der Waals surface area contributed by atoms with Crippen LogP contribution >= 0.6 is 0 Å². The molecule has 0 saturated carbocycles. The Morgan fingerprint density at radius 3 is 2.55 bits per heavy atom. The highest BCUT2D eigenvalue weighted by atomic mass is 32.2. The lowest BCUT2D eigenvalue weighted by Crippen LogP contribution is -2.17. The number of amides is 1. The Labute approximate surface area is 190 Å². The van der Waals surface area contributed by atoms with Crippen molar-refractivity contribution in [3.05, 3.63) is 71.3 Å². The standard InChI is InChI=1S/C22H22N6O4S/c1-13-9-10-16(12-19(13)33(30,31)27-17-7-5-6-8-18(17)32-4)24-21(29)20-25-22-23-14(2)11-15(3)28(22)26-20/h5-12,27H,1-4H3,(H,24,29). The quantitative estimate of drug-likeness (QED) is 0.447. The van der Waals surface area contributed by atoms with Crippen molar-refractivity contribution in [2.24, 2.45) is 0 Å². The Balaban J connectivity index is 1.62. The minimum Gasteiger partial charge on any atom is -0.495 e. The van der Waals surface area contributed by atoms with Crippen molar-refractivity contribution in [3.63, 3.8) is 0 Å². The fourth-order valence-electron chi connectivity index (χ4n) is 3.35. The minimum absolute atomic E-state index is 0.0160. The molecular formula is C22H22N6O4S. The van der Waals surface area contributed by atoms with Crippen molar-refractivity contribution >= 4 is 33.1 Å². The molecule has 0 atom stereocenters. The number of nitrogens with zero attached hydrogens (tertiary/aromatic N) is 4. The number of benzene rings is 2. The van der Waals surface area contributed by atoms with Gasteiger partial charge in [0.1, 0.15) is 5.75 Å². The van der Waals surface area contributed by atoms with Crippen LogP contribution in [0.25, 0.3) is 5.78 Å². The second-order valence-electron chi connectivity index (χ2n) is 7.43. The molecule has 4 aromatic rings. The zero-order chi connectivity index (χ0) is 23.8. The molecule has 0 saturated heterocycles. The van der Waals surface area contributed by atoms with E-state index in [0.29, 0.717) is 22.8 Å². The highest BCUT2D eigenvalue weighted by Crippen LogP contribution is 2.28. The molecule has 0 spiro atoms. The monoisotopic (exact) mass is 466 g/mol. The van der Waals surface area contributed by atoms with Crippen LogP contribution < -0.4 is 14.8 Å². The van der Waals surface area contributed by atoms with Crippen molar-refractivity contribution in [2.75, 3.05) is 17.1 Å². The molecule has 33 heavy (non-hydrogen) atoms. The summed E-state index contributed by atoms with van der Waals surface area (Å²) in [5.41, 5.74) is 2.65. The van der Waals surface area contributed by atoms with E-state index in [0.717, 1.165) is 11.4 Å². The molecule has 10 nitrogen and oxygen atoms in total. The summed E-state index contributed by atoms with van der Waals surface area (Å²) in [6.07, 6.45) is 0. The lowest BCUT2D eigenvalue weighted by atomic mass is 10.2. The van der Waals surface area contributed by atoms with E-state index in [1.54, 1.807) is 43.3 Å². The maximum atomic E-state index is 13.1. The van der Waals surface area contributed by atoms with Gasteiger partial charge in [0, 0.05) is 17.1 Å². The molecule has 4 rings (SSSR count). The molecule has 0 aliphatic heterocycles. The largest absolute Gasteiger partial charge is 0.495 e. The first-order chi connectivity index (χ1) is 15.7. The van der Waals surface area contributed by atoms with Gasteiger partial charge < -0.3 is 10.1 Å². The van der Waals surface area contributed by atoms with Crippen LogP contribution in [0.15, 0.2) is 53.4 Å². The summed E-state index contributed by atoms with van der Waals surface area (Å²) in [6, 6.07) is 13.1. The van der Waals surface area contributed by atoms with Crippen LogP contribution in [0, 0.1) is 20.8 Å². The number of carbonyl (C=O) groups excluding carboxylic acids is 1. The van der Waals surface area contributed by atoms with E-state index in [-0.39, 0.29) is 16.4 Å². The maximum absolute atomic E-state index is 13.1. The zero-order valence-corrected chi connectivity index (χ0v) is 19.3. The number of rotatable bonds is 6. The number of anilines is 2. The van der Waals surface area contributed by atoms with Crippen LogP contribution in [0.2, 0.25) is 0 Å². The SMILES string of the molecule is COc1ccccc1NS(=O)(=O)c1cc(NC(=O)c2nc3nc(C)cc(C)n3n2)ccc1C. The van der Waals surface area contributed by atoms with Gasteiger partial charge in [-0.25, -0.2) is 17.9 Å². The lowest BCUT2D eigenvalue weighted by molar-refractivity contribution is 0.101. The first kappa shape index (κ1) is 22.2. The number of ether oxygens (including phenoxy) is 1. The first-order valence-corrected chi connectivity index (χ1v) is 11.4. The summed E-state index contributed by atoms with van der Waals surface area (Å²) in [5, 5.41) is 6.86. The van der Waals surface area contributed by atoms with Crippen LogP contribution in [0.3, 0.4) is 0 Å². The average molecular weight is 467 g/mol. The van der Waals surface area contributed by atoms with E-state index < -0.39 is 15.9 Å². The number of para-hydroxylation sites is 2. The topological polar surface area (TPSA) is 128 Å². The molecule has 0 aliphatic rings. The Bertz CT molecular complexity index is 1480. The number of carbonyl (C=O) groups is 1. The molecule has 2 heterocycles. The van der Waals surface area contributed by atoms with Crippen LogP contribution in [0.1, 0.15) is 27.6 Å². The van der Waals surface area contributed by atoms with Crippen LogP contribution in [-0.2, 0) is 10.0 Å². The molecule has 2 N–H and O–H groups in total. The van der Waals surface area contributed by atoms with Gasteiger partial charge in [0.25, 0.3) is 21.7 Å². The van der Waals surface area contributed by atoms with Crippen molar-refractivity contribution in [1.82, 2.24) is 19.6 Å². The third-order valence-electron chi connectivity index (χ3n) is 4.91.